The Morgan fingerprint density at radius 1 is 1.04 bits per heavy atom. The summed E-state index contributed by atoms with van der Waals surface area (Å²) in [7, 11) is 0. The third kappa shape index (κ3) is 3.48. The van der Waals surface area contributed by atoms with Gasteiger partial charge in [0.25, 0.3) is 5.56 Å². The highest BCUT2D eigenvalue weighted by Crippen LogP contribution is 2.18. The van der Waals surface area contributed by atoms with Crippen LogP contribution in [-0.4, -0.2) is 41.0 Å². The Balaban J connectivity index is 1.44. The number of benzene rings is 1. The number of hydrogen-bond acceptors (Lipinski definition) is 4. The number of aryl methyl sites for hydroxylation is 1. The summed E-state index contributed by atoms with van der Waals surface area (Å²) < 4.78 is 0. The molecular formula is C21H24N4O. The van der Waals surface area contributed by atoms with E-state index in [1.54, 1.807) is 0 Å². The van der Waals surface area contributed by atoms with Gasteiger partial charge in [0, 0.05) is 61.9 Å². The average Bonchev–Trinajstić information content (AvgIpc) is 2.69. The number of aromatic amines is 1. The Morgan fingerprint density at radius 2 is 1.81 bits per heavy atom. The minimum atomic E-state index is 0.0307. The molecular weight excluding hydrogens is 324 g/mol. The maximum absolute atomic E-state index is 12.1. The van der Waals surface area contributed by atoms with Crippen molar-refractivity contribution < 1.29 is 0 Å². The molecule has 0 amide bonds. The van der Waals surface area contributed by atoms with Crippen LogP contribution < -0.4 is 10.5 Å². The van der Waals surface area contributed by atoms with E-state index in [0.717, 1.165) is 55.6 Å². The van der Waals surface area contributed by atoms with Gasteiger partial charge in [-0.15, -0.1) is 0 Å². The molecule has 0 bridgehead atoms. The Morgan fingerprint density at radius 3 is 2.54 bits per heavy atom. The second-order valence-electron chi connectivity index (χ2n) is 6.87. The van der Waals surface area contributed by atoms with Gasteiger partial charge in [0.15, 0.2) is 0 Å². The number of fused-ring (bicyclic) bond motifs is 1. The van der Waals surface area contributed by atoms with Crippen molar-refractivity contribution in [3.63, 3.8) is 0 Å². The molecule has 134 valence electrons. The molecule has 1 fully saturated rings. The van der Waals surface area contributed by atoms with E-state index in [1.165, 1.54) is 11.3 Å². The van der Waals surface area contributed by atoms with Gasteiger partial charge >= 0.3 is 0 Å². The van der Waals surface area contributed by atoms with Crippen molar-refractivity contribution in [2.75, 3.05) is 31.1 Å². The lowest BCUT2D eigenvalue weighted by molar-refractivity contribution is 0.250. The molecule has 0 unspecified atom stereocenters. The zero-order chi connectivity index (χ0) is 17.9. The maximum atomic E-state index is 12.1. The fourth-order valence-electron chi connectivity index (χ4n) is 3.63. The fraction of sp³-hybridized carbons (Fsp3) is 0.333. The SMILES string of the molecule is CCc1cc2ccc(CN3CCN(c4ccncc4)CC3)cc2[nH]c1=O. The number of nitrogens with one attached hydrogen (secondary N) is 1. The van der Waals surface area contributed by atoms with Crippen molar-refractivity contribution in [3.8, 4) is 0 Å². The van der Waals surface area contributed by atoms with E-state index in [-0.39, 0.29) is 5.56 Å². The van der Waals surface area contributed by atoms with Gasteiger partial charge in [-0.2, -0.15) is 0 Å². The monoisotopic (exact) mass is 348 g/mol. The lowest BCUT2D eigenvalue weighted by Gasteiger charge is -2.36. The van der Waals surface area contributed by atoms with Crippen LogP contribution in [0, 0.1) is 0 Å². The van der Waals surface area contributed by atoms with Crippen molar-refractivity contribution in [2.24, 2.45) is 0 Å². The summed E-state index contributed by atoms with van der Waals surface area (Å²) >= 11 is 0. The average molecular weight is 348 g/mol. The van der Waals surface area contributed by atoms with Gasteiger partial charge < -0.3 is 9.88 Å². The van der Waals surface area contributed by atoms with Crippen LogP contribution in [0.1, 0.15) is 18.1 Å². The first-order valence-corrected chi connectivity index (χ1v) is 9.25. The molecule has 2 aromatic heterocycles. The zero-order valence-corrected chi connectivity index (χ0v) is 15.1. The molecule has 0 radical (unpaired) electrons. The van der Waals surface area contributed by atoms with E-state index in [2.05, 4.69) is 50.1 Å². The van der Waals surface area contributed by atoms with E-state index < -0.39 is 0 Å². The molecule has 0 atom stereocenters. The number of hydrogen-bond donors (Lipinski definition) is 1. The predicted molar refractivity (Wildman–Crippen MR) is 106 cm³/mol. The molecule has 0 saturated carbocycles. The van der Waals surface area contributed by atoms with Gasteiger partial charge in [0.1, 0.15) is 0 Å². The minimum Gasteiger partial charge on any atom is -0.369 e. The van der Waals surface area contributed by atoms with E-state index >= 15 is 0 Å². The fourth-order valence-corrected chi connectivity index (χ4v) is 3.63. The first kappa shape index (κ1) is 16.8. The number of aromatic nitrogens is 2. The summed E-state index contributed by atoms with van der Waals surface area (Å²) in [6.45, 7) is 7.04. The van der Waals surface area contributed by atoms with Gasteiger partial charge in [-0.25, -0.2) is 0 Å². The van der Waals surface area contributed by atoms with E-state index in [4.69, 9.17) is 0 Å². The highest BCUT2D eigenvalue weighted by Gasteiger charge is 2.17. The van der Waals surface area contributed by atoms with Crippen LogP contribution in [0.3, 0.4) is 0 Å². The second kappa shape index (κ2) is 7.30. The third-order valence-corrected chi connectivity index (χ3v) is 5.17. The predicted octanol–water partition coefficient (Wildman–Crippen LogP) is 2.81. The molecule has 3 heterocycles. The minimum absolute atomic E-state index is 0.0307. The zero-order valence-electron chi connectivity index (χ0n) is 15.1. The van der Waals surface area contributed by atoms with Crippen LogP contribution in [0.4, 0.5) is 5.69 Å². The largest absolute Gasteiger partial charge is 0.369 e. The molecule has 1 aromatic carbocycles. The molecule has 5 nitrogen and oxygen atoms in total. The van der Waals surface area contributed by atoms with Crippen molar-refractivity contribution >= 4 is 16.6 Å². The normalized spacial score (nSPS) is 15.5. The third-order valence-electron chi connectivity index (χ3n) is 5.17. The summed E-state index contributed by atoms with van der Waals surface area (Å²) in [6.07, 6.45) is 4.46. The summed E-state index contributed by atoms with van der Waals surface area (Å²) in [5, 5.41) is 1.10. The summed E-state index contributed by atoms with van der Waals surface area (Å²) in [6, 6.07) is 12.6. The van der Waals surface area contributed by atoms with Gasteiger partial charge in [-0.1, -0.05) is 19.1 Å². The first-order valence-electron chi connectivity index (χ1n) is 9.25. The first-order chi connectivity index (χ1) is 12.7. The summed E-state index contributed by atoms with van der Waals surface area (Å²) in [5.41, 5.74) is 4.30. The van der Waals surface area contributed by atoms with Crippen molar-refractivity contribution in [2.45, 2.75) is 19.9 Å². The van der Waals surface area contributed by atoms with Crippen molar-refractivity contribution in [1.82, 2.24) is 14.9 Å². The molecule has 1 N–H and O–H groups in total. The van der Waals surface area contributed by atoms with Crippen molar-refractivity contribution in [1.29, 1.82) is 0 Å². The highest BCUT2D eigenvalue weighted by atomic mass is 16.1. The highest BCUT2D eigenvalue weighted by molar-refractivity contribution is 5.79. The number of anilines is 1. The molecule has 1 aliphatic rings. The molecule has 3 aromatic rings. The van der Waals surface area contributed by atoms with Crippen molar-refractivity contribution in [3.05, 3.63) is 70.3 Å². The Kier molecular flexibility index (Phi) is 4.71. The van der Waals surface area contributed by atoms with E-state index in [1.807, 2.05) is 25.4 Å². The molecule has 5 heteroatoms. The molecule has 1 aliphatic heterocycles. The Bertz CT molecular complexity index is 943. The Hall–Kier alpha value is -2.66. The second-order valence-corrected chi connectivity index (χ2v) is 6.87. The van der Waals surface area contributed by atoms with Gasteiger partial charge in [-0.3, -0.25) is 14.7 Å². The van der Waals surface area contributed by atoms with E-state index in [9.17, 15) is 4.79 Å². The molecule has 26 heavy (non-hydrogen) atoms. The summed E-state index contributed by atoms with van der Waals surface area (Å²) in [5.74, 6) is 0. The number of pyridine rings is 2. The summed E-state index contributed by atoms with van der Waals surface area (Å²) in [4.78, 5) is 24.1. The number of piperazine rings is 1. The lowest BCUT2D eigenvalue weighted by atomic mass is 10.1. The van der Waals surface area contributed by atoms with Crippen LogP contribution in [0.5, 0.6) is 0 Å². The number of nitrogens with zero attached hydrogens (tertiary/aromatic N) is 3. The van der Waals surface area contributed by atoms with Gasteiger partial charge in [-0.05, 0) is 41.6 Å². The number of H-pyrrole nitrogens is 1. The quantitative estimate of drug-likeness (QED) is 0.788. The van der Waals surface area contributed by atoms with E-state index in [0.29, 0.717) is 0 Å². The van der Waals surface area contributed by atoms with Gasteiger partial charge in [0.2, 0.25) is 0 Å². The Labute approximate surface area is 153 Å². The molecule has 1 saturated heterocycles. The standard InChI is InChI=1S/C21H24N4O/c1-2-17-14-18-4-3-16(13-20(18)23-21(17)26)15-24-9-11-25(12-10-24)19-5-7-22-8-6-19/h3-8,13-14H,2,9-12,15H2,1H3,(H,23,26). The van der Waals surface area contributed by atoms with Crippen LogP contribution in [0.15, 0.2) is 53.6 Å². The topological polar surface area (TPSA) is 52.2 Å². The molecule has 0 spiro atoms. The van der Waals surface area contributed by atoms with Crippen LogP contribution in [0.25, 0.3) is 10.9 Å². The molecule has 4 rings (SSSR count). The van der Waals surface area contributed by atoms with Crippen LogP contribution in [0.2, 0.25) is 0 Å². The smallest absolute Gasteiger partial charge is 0.251 e. The maximum Gasteiger partial charge on any atom is 0.251 e. The number of rotatable bonds is 4. The van der Waals surface area contributed by atoms with Crippen LogP contribution >= 0.6 is 0 Å². The van der Waals surface area contributed by atoms with Gasteiger partial charge in [0.05, 0.1) is 0 Å². The molecule has 0 aliphatic carbocycles. The lowest BCUT2D eigenvalue weighted by Crippen LogP contribution is -2.45. The van der Waals surface area contributed by atoms with Crippen LogP contribution in [-0.2, 0) is 13.0 Å².